The molecule has 1 N–H and O–H groups in total. The third-order valence-electron chi connectivity index (χ3n) is 4.22. The van der Waals surface area contributed by atoms with E-state index in [1.54, 1.807) is 23.1 Å². The van der Waals surface area contributed by atoms with Gasteiger partial charge in [0.05, 0.1) is 35.9 Å². The number of amides is 1. The lowest BCUT2D eigenvalue weighted by atomic mass is 10.1. The van der Waals surface area contributed by atoms with Gasteiger partial charge in [0.2, 0.25) is 0 Å². The van der Waals surface area contributed by atoms with Crippen molar-refractivity contribution in [1.82, 2.24) is 14.5 Å². The van der Waals surface area contributed by atoms with Gasteiger partial charge in [0.15, 0.2) is 0 Å². The van der Waals surface area contributed by atoms with Gasteiger partial charge in [-0.1, -0.05) is 19.1 Å². The van der Waals surface area contributed by atoms with Gasteiger partial charge in [-0.2, -0.15) is 0 Å². The number of carbonyl (C=O) groups is 1. The van der Waals surface area contributed by atoms with E-state index in [0.29, 0.717) is 23.9 Å². The number of hydrogen-bond donors (Lipinski definition) is 1. The van der Waals surface area contributed by atoms with Crippen LogP contribution in [0.3, 0.4) is 0 Å². The highest BCUT2D eigenvalue weighted by molar-refractivity contribution is 5.76. The minimum absolute atomic E-state index is 0.140. The molecule has 2 atom stereocenters. The molecule has 0 spiro atoms. The first-order valence-electron chi connectivity index (χ1n) is 8.15. The van der Waals surface area contributed by atoms with Crippen LogP contribution in [-0.4, -0.2) is 50.9 Å². The zero-order valence-corrected chi connectivity index (χ0v) is 13.6. The molecule has 2 aromatic rings. The van der Waals surface area contributed by atoms with E-state index in [1.165, 1.54) is 10.9 Å². The molecule has 24 heavy (non-hydrogen) atoms. The van der Waals surface area contributed by atoms with Gasteiger partial charge in [-0.15, -0.1) is 0 Å². The first-order chi connectivity index (χ1) is 11.6. The molecule has 0 radical (unpaired) electrons. The van der Waals surface area contributed by atoms with E-state index in [4.69, 9.17) is 4.74 Å². The number of ether oxygens (including phenoxy) is 1. The average Bonchev–Trinajstić information content (AvgIpc) is 2.91. The molecule has 0 bridgehead atoms. The SMILES string of the molecule is CCCN1C(=O)OCC1CC(O)Cn1cnc2ccccc2c1=O. The summed E-state index contributed by atoms with van der Waals surface area (Å²) in [5.41, 5.74) is 0.459. The predicted molar refractivity (Wildman–Crippen MR) is 88.8 cm³/mol. The molecule has 0 aliphatic carbocycles. The molecule has 1 aromatic heterocycles. The summed E-state index contributed by atoms with van der Waals surface area (Å²) in [5.74, 6) is 0. The molecular weight excluding hydrogens is 310 g/mol. The maximum Gasteiger partial charge on any atom is 0.410 e. The van der Waals surface area contributed by atoms with Crippen molar-refractivity contribution in [3.63, 3.8) is 0 Å². The molecular formula is C17H21N3O4. The molecule has 0 saturated carbocycles. The Morgan fingerprint density at radius 1 is 1.38 bits per heavy atom. The zero-order chi connectivity index (χ0) is 17.1. The van der Waals surface area contributed by atoms with E-state index < -0.39 is 6.10 Å². The Morgan fingerprint density at radius 3 is 2.96 bits per heavy atom. The minimum atomic E-state index is -0.760. The van der Waals surface area contributed by atoms with Gasteiger partial charge in [-0.05, 0) is 25.0 Å². The van der Waals surface area contributed by atoms with Crippen molar-refractivity contribution >= 4 is 17.0 Å². The number of benzene rings is 1. The van der Waals surface area contributed by atoms with Crippen molar-refractivity contribution in [2.24, 2.45) is 0 Å². The number of nitrogens with zero attached hydrogens (tertiary/aromatic N) is 3. The number of hydrogen-bond acceptors (Lipinski definition) is 5. The topological polar surface area (TPSA) is 84.7 Å². The maximum absolute atomic E-state index is 12.4. The minimum Gasteiger partial charge on any atom is -0.447 e. The predicted octanol–water partition coefficient (Wildman–Crippen LogP) is 1.38. The van der Waals surface area contributed by atoms with Gasteiger partial charge in [0.25, 0.3) is 5.56 Å². The summed E-state index contributed by atoms with van der Waals surface area (Å²) >= 11 is 0. The first kappa shape index (κ1) is 16.4. The van der Waals surface area contributed by atoms with Crippen LogP contribution < -0.4 is 5.56 Å². The molecule has 2 unspecified atom stereocenters. The van der Waals surface area contributed by atoms with Gasteiger partial charge in [0, 0.05) is 6.54 Å². The van der Waals surface area contributed by atoms with Crippen molar-refractivity contribution in [3.8, 4) is 0 Å². The number of fused-ring (bicyclic) bond motifs is 1. The van der Waals surface area contributed by atoms with E-state index in [-0.39, 0.29) is 30.8 Å². The Morgan fingerprint density at radius 2 is 2.17 bits per heavy atom. The highest BCUT2D eigenvalue weighted by Crippen LogP contribution is 2.18. The van der Waals surface area contributed by atoms with Gasteiger partial charge >= 0.3 is 6.09 Å². The molecule has 7 heteroatoms. The molecule has 128 valence electrons. The average molecular weight is 331 g/mol. The smallest absolute Gasteiger partial charge is 0.410 e. The monoisotopic (exact) mass is 331 g/mol. The van der Waals surface area contributed by atoms with Crippen LogP contribution in [0.15, 0.2) is 35.4 Å². The second-order valence-corrected chi connectivity index (χ2v) is 6.03. The number of aliphatic hydroxyl groups is 1. The van der Waals surface area contributed by atoms with E-state index in [0.717, 1.165) is 6.42 Å². The second-order valence-electron chi connectivity index (χ2n) is 6.03. The van der Waals surface area contributed by atoms with Gasteiger partial charge in [-0.25, -0.2) is 9.78 Å². The first-order valence-corrected chi connectivity index (χ1v) is 8.15. The summed E-state index contributed by atoms with van der Waals surface area (Å²) < 4.78 is 6.47. The number of rotatable bonds is 6. The second kappa shape index (κ2) is 7.00. The number of para-hydroxylation sites is 1. The molecule has 1 aliphatic heterocycles. The van der Waals surface area contributed by atoms with Crippen molar-refractivity contribution in [1.29, 1.82) is 0 Å². The fraction of sp³-hybridized carbons (Fsp3) is 0.471. The lowest BCUT2D eigenvalue weighted by Crippen LogP contribution is -2.38. The summed E-state index contributed by atoms with van der Waals surface area (Å²) in [6, 6.07) is 6.96. The van der Waals surface area contributed by atoms with Crippen LogP contribution in [0, 0.1) is 0 Å². The largest absolute Gasteiger partial charge is 0.447 e. The number of carbonyl (C=O) groups excluding carboxylic acids is 1. The summed E-state index contributed by atoms with van der Waals surface area (Å²) in [6.45, 7) is 3.01. The lowest BCUT2D eigenvalue weighted by molar-refractivity contribution is 0.111. The molecule has 1 aromatic carbocycles. The molecule has 1 fully saturated rings. The highest BCUT2D eigenvalue weighted by atomic mass is 16.6. The number of aliphatic hydroxyl groups excluding tert-OH is 1. The van der Waals surface area contributed by atoms with Gasteiger partial charge in [0.1, 0.15) is 6.61 Å². The van der Waals surface area contributed by atoms with Crippen LogP contribution in [-0.2, 0) is 11.3 Å². The summed E-state index contributed by atoms with van der Waals surface area (Å²) in [6.07, 6.45) is 1.55. The van der Waals surface area contributed by atoms with Crippen LogP contribution in [0.1, 0.15) is 19.8 Å². The lowest BCUT2D eigenvalue weighted by Gasteiger charge is -2.23. The Hall–Kier alpha value is -2.41. The molecule has 1 aliphatic rings. The van der Waals surface area contributed by atoms with E-state index in [1.807, 2.05) is 13.0 Å². The fourth-order valence-electron chi connectivity index (χ4n) is 3.05. The Labute approximate surface area is 139 Å². The van der Waals surface area contributed by atoms with E-state index in [9.17, 15) is 14.7 Å². The molecule has 2 heterocycles. The van der Waals surface area contributed by atoms with Crippen molar-refractivity contribution in [2.75, 3.05) is 13.2 Å². The number of cyclic esters (lactones) is 1. The van der Waals surface area contributed by atoms with Crippen molar-refractivity contribution in [2.45, 2.75) is 38.5 Å². The third kappa shape index (κ3) is 3.26. The number of aromatic nitrogens is 2. The Kier molecular flexibility index (Phi) is 4.80. The molecule has 7 nitrogen and oxygen atoms in total. The molecule has 1 amide bonds. The van der Waals surface area contributed by atoms with Crippen LogP contribution in [0.2, 0.25) is 0 Å². The molecule has 1 saturated heterocycles. The van der Waals surface area contributed by atoms with Crippen LogP contribution >= 0.6 is 0 Å². The maximum atomic E-state index is 12.4. The van der Waals surface area contributed by atoms with Crippen LogP contribution in [0.4, 0.5) is 4.79 Å². The van der Waals surface area contributed by atoms with E-state index in [2.05, 4.69) is 4.98 Å². The van der Waals surface area contributed by atoms with Crippen molar-refractivity contribution < 1.29 is 14.6 Å². The Balaban J connectivity index is 1.71. The summed E-state index contributed by atoms with van der Waals surface area (Å²) in [7, 11) is 0. The van der Waals surface area contributed by atoms with Crippen molar-refractivity contribution in [3.05, 3.63) is 40.9 Å². The van der Waals surface area contributed by atoms with Crippen LogP contribution in [0.5, 0.6) is 0 Å². The summed E-state index contributed by atoms with van der Waals surface area (Å²) in [5, 5.41) is 10.9. The van der Waals surface area contributed by atoms with E-state index >= 15 is 0 Å². The summed E-state index contributed by atoms with van der Waals surface area (Å²) in [4.78, 5) is 30.0. The van der Waals surface area contributed by atoms with Crippen LogP contribution in [0.25, 0.3) is 10.9 Å². The van der Waals surface area contributed by atoms with Gasteiger partial charge < -0.3 is 14.7 Å². The standard InChI is InChI=1S/C17H21N3O4/c1-2-7-20-12(10-24-17(20)23)8-13(21)9-19-11-18-15-6-4-3-5-14(15)16(19)22/h3-6,11-13,21H,2,7-10H2,1H3. The normalized spacial score (nSPS) is 18.8. The highest BCUT2D eigenvalue weighted by Gasteiger charge is 2.33. The quantitative estimate of drug-likeness (QED) is 0.864. The van der Waals surface area contributed by atoms with Gasteiger partial charge in [-0.3, -0.25) is 9.36 Å². The zero-order valence-electron chi connectivity index (χ0n) is 13.6. The molecule has 3 rings (SSSR count). The third-order valence-corrected chi connectivity index (χ3v) is 4.22. The fourth-order valence-corrected chi connectivity index (χ4v) is 3.05. The Bertz CT molecular complexity index is 789.